The summed E-state index contributed by atoms with van der Waals surface area (Å²) in [5, 5.41) is 3.97. The van der Waals surface area contributed by atoms with Gasteiger partial charge in [-0.05, 0) is 75.1 Å². The second-order valence-corrected chi connectivity index (χ2v) is 11.2. The van der Waals surface area contributed by atoms with Crippen molar-refractivity contribution >= 4 is 40.5 Å². The molecule has 6 heteroatoms. The van der Waals surface area contributed by atoms with Crippen molar-refractivity contribution in [2.45, 2.75) is 50.3 Å². The van der Waals surface area contributed by atoms with Gasteiger partial charge < -0.3 is 15.1 Å². The number of rotatable bonds is 4. The topological polar surface area (TPSA) is 35.6 Å². The van der Waals surface area contributed by atoms with Gasteiger partial charge in [0.15, 0.2) is 0 Å². The highest BCUT2D eigenvalue weighted by Crippen LogP contribution is 2.64. The number of nitrogens with zero attached hydrogens (tertiary/aromatic N) is 2. The maximum absolute atomic E-state index is 13.6. The minimum Gasteiger partial charge on any atom is -0.367 e. The predicted octanol–water partition coefficient (Wildman–Crippen LogP) is 5.00. The van der Waals surface area contributed by atoms with Crippen molar-refractivity contribution in [2.75, 3.05) is 42.9 Å². The highest BCUT2D eigenvalue weighted by molar-refractivity contribution is 6.31. The summed E-state index contributed by atoms with van der Waals surface area (Å²) in [6.45, 7) is 7.34. The lowest BCUT2D eigenvalue weighted by molar-refractivity contribution is -0.138. The molecule has 2 unspecified atom stereocenters. The smallest absolute Gasteiger partial charge is 0.230 e. The zero-order chi connectivity index (χ0) is 20.2. The summed E-state index contributed by atoms with van der Waals surface area (Å²) in [5.74, 6) is 1.38. The van der Waals surface area contributed by atoms with E-state index in [1.54, 1.807) is 0 Å². The van der Waals surface area contributed by atoms with Gasteiger partial charge in [-0.15, -0.1) is 11.6 Å². The normalized spacial score (nSPS) is 36.4. The number of piperazine rings is 1. The Balaban J connectivity index is 1.38. The summed E-state index contributed by atoms with van der Waals surface area (Å²) in [4.78, 5) is 18.3. The average Bonchev–Trinajstić information content (AvgIpc) is 2.66. The van der Waals surface area contributed by atoms with E-state index in [0.29, 0.717) is 16.9 Å². The lowest BCUT2D eigenvalue weighted by Gasteiger charge is -2.59. The maximum Gasteiger partial charge on any atom is 0.230 e. The van der Waals surface area contributed by atoms with Gasteiger partial charge in [0.05, 0.1) is 16.8 Å². The Hall–Kier alpha value is -0.970. The van der Waals surface area contributed by atoms with Gasteiger partial charge in [0.1, 0.15) is 0 Å². The molecular formula is C23H31Cl2N3O. The van der Waals surface area contributed by atoms with E-state index < -0.39 is 0 Å². The molecule has 0 radical (unpaired) electrons. The van der Waals surface area contributed by atoms with E-state index in [1.165, 1.54) is 6.42 Å². The Bertz CT molecular complexity index is 791. The van der Waals surface area contributed by atoms with E-state index in [1.807, 2.05) is 12.1 Å². The van der Waals surface area contributed by atoms with Gasteiger partial charge in [0.25, 0.3) is 0 Å². The first-order valence-electron chi connectivity index (χ1n) is 11.2. The molecule has 5 aliphatic rings. The molecular weight excluding hydrogens is 405 g/mol. The quantitative estimate of drug-likeness (QED) is 0.675. The molecule has 0 spiro atoms. The molecule has 158 valence electrons. The summed E-state index contributed by atoms with van der Waals surface area (Å²) in [7, 11) is 0. The van der Waals surface area contributed by atoms with Crippen LogP contribution in [0.25, 0.3) is 0 Å². The van der Waals surface area contributed by atoms with Crippen molar-refractivity contribution < 1.29 is 4.79 Å². The fraction of sp³-hybridized carbons (Fsp3) is 0.696. The maximum atomic E-state index is 13.6. The largest absolute Gasteiger partial charge is 0.367 e. The molecule has 0 aromatic heterocycles. The van der Waals surface area contributed by atoms with Crippen LogP contribution in [0.1, 0.15) is 45.4 Å². The number of halogens is 2. The van der Waals surface area contributed by atoms with Crippen LogP contribution in [-0.4, -0.2) is 48.4 Å². The molecule has 4 aliphatic carbocycles. The Morgan fingerprint density at radius 3 is 2.45 bits per heavy atom. The number of carbonyl (C=O) groups is 1. The molecule has 1 N–H and O–H groups in total. The second kappa shape index (κ2) is 7.32. The molecule has 4 bridgehead atoms. The summed E-state index contributed by atoms with van der Waals surface area (Å²) in [5.41, 5.74) is 1.64. The van der Waals surface area contributed by atoms with Crippen molar-refractivity contribution in [3.63, 3.8) is 0 Å². The van der Waals surface area contributed by atoms with E-state index in [2.05, 4.69) is 28.1 Å². The van der Waals surface area contributed by atoms with Gasteiger partial charge in [-0.2, -0.15) is 0 Å². The first kappa shape index (κ1) is 20.0. The fourth-order valence-electron chi connectivity index (χ4n) is 6.86. The summed E-state index contributed by atoms with van der Waals surface area (Å²) >= 11 is 13.3. The van der Waals surface area contributed by atoms with Crippen LogP contribution in [-0.2, 0) is 4.79 Å². The van der Waals surface area contributed by atoms with Crippen LogP contribution in [0.5, 0.6) is 0 Å². The van der Waals surface area contributed by atoms with E-state index in [-0.39, 0.29) is 16.2 Å². The lowest BCUT2D eigenvalue weighted by atomic mass is 9.49. The third-order valence-electron chi connectivity index (χ3n) is 7.84. The van der Waals surface area contributed by atoms with Crippen LogP contribution in [0.2, 0.25) is 5.02 Å². The number of alkyl halides is 1. The van der Waals surface area contributed by atoms with Crippen LogP contribution in [0.3, 0.4) is 0 Å². The van der Waals surface area contributed by atoms with E-state index in [9.17, 15) is 4.79 Å². The van der Waals surface area contributed by atoms with Crippen LogP contribution in [0, 0.1) is 17.3 Å². The monoisotopic (exact) mass is 435 g/mol. The molecule has 6 rings (SSSR count). The van der Waals surface area contributed by atoms with Crippen molar-refractivity contribution in [1.82, 2.24) is 4.90 Å². The molecule has 1 aromatic rings. The van der Waals surface area contributed by atoms with E-state index >= 15 is 0 Å². The zero-order valence-electron chi connectivity index (χ0n) is 17.2. The molecule has 1 aromatic carbocycles. The molecule has 4 nitrogen and oxygen atoms in total. The third kappa shape index (κ3) is 3.66. The van der Waals surface area contributed by atoms with Crippen LogP contribution >= 0.6 is 23.2 Å². The minimum absolute atomic E-state index is 0.158. The minimum atomic E-state index is -0.299. The Labute approximate surface area is 183 Å². The Kier molecular flexibility index (Phi) is 5.04. The third-order valence-corrected chi connectivity index (χ3v) is 8.52. The first-order chi connectivity index (χ1) is 13.9. The van der Waals surface area contributed by atoms with Crippen LogP contribution in [0.4, 0.5) is 11.4 Å². The lowest BCUT2D eigenvalue weighted by Crippen LogP contribution is -2.57. The van der Waals surface area contributed by atoms with E-state index in [4.69, 9.17) is 23.2 Å². The molecule has 1 amide bonds. The number of hydrogen-bond donors (Lipinski definition) is 1. The molecule has 29 heavy (non-hydrogen) atoms. The number of amides is 1. The average molecular weight is 436 g/mol. The number of likely N-dealkylation sites (N-methyl/N-ethyl adjacent to an activating group) is 1. The van der Waals surface area contributed by atoms with E-state index in [0.717, 1.165) is 76.2 Å². The fourth-order valence-corrected chi connectivity index (χ4v) is 7.72. The molecule has 5 fully saturated rings. The van der Waals surface area contributed by atoms with Gasteiger partial charge in [-0.1, -0.05) is 18.5 Å². The summed E-state index contributed by atoms with van der Waals surface area (Å²) < 4.78 is 0. The second-order valence-electron chi connectivity index (χ2n) is 9.93. The standard InChI is InChI=1S/C23H31Cl2N3O/c1-2-27-5-7-28(8-6-27)20-4-3-18(24)10-19(20)26-21(29)22-11-16-9-17(12-22)14-23(25,13-16)15-22/h3-4,10,16-17H,2,5-9,11-15H2,1H3,(H,26,29). The molecule has 4 saturated carbocycles. The van der Waals surface area contributed by atoms with Gasteiger partial charge in [0, 0.05) is 36.1 Å². The molecule has 1 saturated heterocycles. The van der Waals surface area contributed by atoms with Crippen LogP contribution < -0.4 is 10.2 Å². The number of benzene rings is 1. The van der Waals surface area contributed by atoms with Crippen LogP contribution in [0.15, 0.2) is 18.2 Å². The molecule has 1 heterocycles. The van der Waals surface area contributed by atoms with Gasteiger partial charge in [0.2, 0.25) is 5.91 Å². The number of nitrogens with one attached hydrogen (secondary N) is 1. The summed E-state index contributed by atoms with van der Waals surface area (Å²) in [6.07, 6.45) is 6.25. The molecule has 2 atom stereocenters. The highest BCUT2D eigenvalue weighted by atomic mass is 35.5. The van der Waals surface area contributed by atoms with Crippen molar-refractivity contribution in [3.05, 3.63) is 23.2 Å². The number of anilines is 2. The highest BCUT2D eigenvalue weighted by Gasteiger charge is 2.60. The SMILES string of the molecule is CCN1CCN(c2ccc(Cl)cc2NC(=O)C23CC4CC(CC(Cl)(C4)C2)C3)CC1. The van der Waals surface area contributed by atoms with Gasteiger partial charge in [-0.25, -0.2) is 0 Å². The molecule has 1 aliphatic heterocycles. The van der Waals surface area contributed by atoms with Crippen molar-refractivity contribution in [2.24, 2.45) is 17.3 Å². The van der Waals surface area contributed by atoms with Crippen molar-refractivity contribution in [3.8, 4) is 0 Å². The van der Waals surface area contributed by atoms with Gasteiger partial charge in [-0.3, -0.25) is 4.79 Å². The zero-order valence-corrected chi connectivity index (χ0v) is 18.7. The Morgan fingerprint density at radius 1 is 1.14 bits per heavy atom. The van der Waals surface area contributed by atoms with Gasteiger partial charge >= 0.3 is 0 Å². The first-order valence-corrected chi connectivity index (χ1v) is 11.9. The Morgan fingerprint density at radius 2 is 1.83 bits per heavy atom. The number of hydrogen-bond acceptors (Lipinski definition) is 3. The van der Waals surface area contributed by atoms with Crippen molar-refractivity contribution in [1.29, 1.82) is 0 Å². The summed E-state index contributed by atoms with van der Waals surface area (Å²) in [6, 6.07) is 5.90. The predicted molar refractivity (Wildman–Crippen MR) is 120 cm³/mol. The number of carbonyl (C=O) groups excluding carboxylic acids is 1.